The van der Waals surface area contributed by atoms with Gasteiger partial charge in [0.2, 0.25) is 0 Å². The van der Waals surface area contributed by atoms with Crippen LogP contribution in [0.15, 0.2) is 0 Å². The molecule has 0 bridgehead atoms. The zero-order valence-corrected chi connectivity index (χ0v) is 13.6. The van der Waals surface area contributed by atoms with Crippen LogP contribution >= 0.6 is 0 Å². The number of hydrogen-bond donors (Lipinski definition) is 1. The molecule has 120 valence electrons. The number of carbonyl (C=O) groups is 1. The Morgan fingerprint density at radius 2 is 1.30 bits per heavy atom. The number of halogens is 1. The van der Waals surface area contributed by atoms with E-state index in [0.29, 0.717) is 0 Å². The van der Waals surface area contributed by atoms with Gasteiger partial charge in [-0.2, -0.15) is 0 Å². The second-order valence-electron chi connectivity index (χ2n) is 5.80. The highest BCUT2D eigenvalue weighted by Gasteiger charge is 2.11. The maximum atomic E-state index is 12.3. The van der Waals surface area contributed by atoms with Crippen LogP contribution in [0.25, 0.3) is 0 Å². The van der Waals surface area contributed by atoms with E-state index in [1.807, 2.05) is 0 Å². The average Bonchev–Trinajstić information content (AvgIpc) is 2.46. The zero-order chi connectivity index (χ0) is 15.1. The second kappa shape index (κ2) is 14.8. The smallest absolute Gasteiger partial charge is 0.251 e. The van der Waals surface area contributed by atoms with E-state index in [1.165, 1.54) is 51.4 Å². The molecule has 3 heteroatoms. The average molecular weight is 287 g/mol. The molecular weight excluding hydrogens is 253 g/mol. The molecule has 0 aliphatic heterocycles. The molecule has 0 radical (unpaired) electrons. The van der Waals surface area contributed by atoms with Crippen LogP contribution in [-0.2, 0) is 4.79 Å². The first-order valence-corrected chi connectivity index (χ1v) is 8.59. The summed E-state index contributed by atoms with van der Waals surface area (Å²) < 4.78 is 12.3. The van der Waals surface area contributed by atoms with Crippen molar-refractivity contribution < 1.29 is 9.18 Å². The number of alkyl halides is 1. The van der Waals surface area contributed by atoms with Crippen LogP contribution in [0.2, 0.25) is 0 Å². The van der Waals surface area contributed by atoms with Gasteiger partial charge >= 0.3 is 0 Å². The summed E-state index contributed by atoms with van der Waals surface area (Å²) >= 11 is 0. The molecule has 0 spiro atoms. The van der Waals surface area contributed by atoms with Gasteiger partial charge in [-0.1, -0.05) is 78.1 Å². The SMILES string of the molecule is CCCCCCCC(CCCCCCC)NC(=O)CF. The van der Waals surface area contributed by atoms with Crippen molar-refractivity contribution in [2.24, 2.45) is 0 Å². The summed E-state index contributed by atoms with van der Waals surface area (Å²) in [7, 11) is 0. The number of rotatable bonds is 14. The summed E-state index contributed by atoms with van der Waals surface area (Å²) in [5.74, 6) is -0.447. The van der Waals surface area contributed by atoms with Gasteiger partial charge in [-0.25, -0.2) is 4.39 Å². The second-order valence-corrected chi connectivity index (χ2v) is 5.80. The third-order valence-corrected chi connectivity index (χ3v) is 3.80. The predicted octanol–water partition coefficient (Wildman–Crippen LogP) is 5.16. The molecule has 0 aromatic rings. The largest absolute Gasteiger partial charge is 0.351 e. The summed E-state index contributed by atoms with van der Waals surface area (Å²) in [6, 6.07) is 0.182. The highest BCUT2D eigenvalue weighted by Crippen LogP contribution is 2.13. The summed E-state index contributed by atoms with van der Waals surface area (Å²) in [6.45, 7) is 3.53. The maximum absolute atomic E-state index is 12.3. The van der Waals surface area contributed by atoms with Gasteiger partial charge in [-0.15, -0.1) is 0 Å². The molecule has 0 rings (SSSR count). The molecule has 2 nitrogen and oxygen atoms in total. The Hall–Kier alpha value is -0.600. The quantitative estimate of drug-likeness (QED) is 0.439. The minimum atomic E-state index is -0.887. The monoisotopic (exact) mass is 287 g/mol. The van der Waals surface area contributed by atoms with Crippen LogP contribution in [0.1, 0.15) is 90.9 Å². The lowest BCUT2D eigenvalue weighted by Gasteiger charge is -2.18. The van der Waals surface area contributed by atoms with Gasteiger partial charge in [0.05, 0.1) is 0 Å². The summed E-state index contributed by atoms with van der Waals surface area (Å²) in [5.41, 5.74) is 0. The predicted molar refractivity (Wildman–Crippen MR) is 84.7 cm³/mol. The summed E-state index contributed by atoms with van der Waals surface area (Å²) in [4.78, 5) is 11.2. The molecule has 0 saturated heterocycles. The Balaban J connectivity index is 3.79. The van der Waals surface area contributed by atoms with E-state index < -0.39 is 12.6 Å². The minimum absolute atomic E-state index is 0.182. The fourth-order valence-corrected chi connectivity index (χ4v) is 2.54. The van der Waals surface area contributed by atoms with Crippen molar-refractivity contribution >= 4 is 5.91 Å². The molecule has 0 aromatic carbocycles. The fourth-order valence-electron chi connectivity index (χ4n) is 2.54. The van der Waals surface area contributed by atoms with Crippen molar-refractivity contribution in [3.8, 4) is 0 Å². The van der Waals surface area contributed by atoms with Crippen molar-refractivity contribution in [1.29, 1.82) is 0 Å². The first kappa shape index (κ1) is 19.4. The molecule has 0 unspecified atom stereocenters. The molecule has 0 heterocycles. The van der Waals surface area contributed by atoms with E-state index in [2.05, 4.69) is 19.2 Å². The van der Waals surface area contributed by atoms with Crippen LogP contribution in [0.4, 0.5) is 4.39 Å². The Morgan fingerprint density at radius 1 is 0.850 bits per heavy atom. The minimum Gasteiger partial charge on any atom is -0.351 e. The molecule has 0 aliphatic carbocycles. The lowest BCUT2D eigenvalue weighted by Crippen LogP contribution is -2.35. The van der Waals surface area contributed by atoms with Gasteiger partial charge in [0.1, 0.15) is 0 Å². The van der Waals surface area contributed by atoms with Crippen molar-refractivity contribution in [1.82, 2.24) is 5.32 Å². The fraction of sp³-hybridized carbons (Fsp3) is 0.941. The molecule has 0 aliphatic rings. The Kier molecular flexibility index (Phi) is 14.4. The van der Waals surface area contributed by atoms with Gasteiger partial charge in [0.25, 0.3) is 5.91 Å². The lowest BCUT2D eigenvalue weighted by atomic mass is 10.0. The van der Waals surface area contributed by atoms with Crippen molar-refractivity contribution in [3.63, 3.8) is 0 Å². The topological polar surface area (TPSA) is 29.1 Å². The number of nitrogens with one attached hydrogen (secondary N) is 1. The third kappa shape index (κ3) is 12.4. The zero-order valence-electron chi connectivity index (χ0n) is 13.6. The molecular formula is C17H34FNO. The van der Waals surface area contributed by atoms with E-state index in [-0.39, 0.29) is 6.04 Å². The standard InChI is InChI=1S/C17H34FNO/c1-3-5-7-9-11-13-16(19-17(20)15-18)14-12-10-8-6-4-2/h16H,3-15H2,1-2H3,(H,19,20). The highest BCUT2D eigenvalue weighted by atomic mass is 19.1. The molecule has 0 saturated carbocycles. The van der Waals surface area contributed by atoms with Crippen LogP contribution in [0.5, 0.6) is 0 Å². The van der Waals surface area contributed by atoms with Crippen LogP contribution in [0.3, 0.4) is 0 Å². The Labute approximate surface area is 124 Å². The summed E-state index contributed by atoms with van der Waals surface area (Å²) in [5, 5.41) is 2.83. The van der Waals surface area contributed by atoms with Gasteiger partial charge in [0.15, 0.2) is 6.67 Å². The number of amides is 1. The van der Waals surface area contributed by atoms with Gasteiger partial charge < -0.3 is 5.32 Å². The highest BCUT2D eigenvalue weighted by molar-refractivity contribution is 5.77. The van der Waals surface area contributed by atoms with Crippen molar-refractivity contribution in [2.45, 2.75) is 96.9 Å². The van der Waals surface area contributed by atoms with E-state index in [9.17, 15) is 9.18 Å². The molecule has 0 atom stereocenters. The lowest BCUT2D eigenvalue weighted by molar-refractivity contribution is -0.122. The molecule has 1 N–H and O–H groups in total. The number of carbonyl (C=O) groups excluding carboxylic acids is 1. The number of hydrogen-bond acceptors (Lipinski definition) is 1. The first-order chi connectivity index (χ1) is 9.74. The van der Waals surface area contributed by atoms with E-state index >= 15 is 0 Å². The van der Waals surface area contributed by atoms with E-state index in [1.54, 1.807) is 0 Å². The van der Waals surface area contributed by atoms with Crippen LogP contribution in [0, 0.1) is 0 Å². The van der Waals surface area contributed by atoms with Crippen molar-refractivity contribution in [2.75, 3.05) is 6.67 Å². The molecule has 20 heavy (non-hydrogen) atoms. The van der Waals surface area contributed by atoms with E-state index in [4.69, 9.17) is 0 Å². The summed E-state index contributed by atoms with van der Waals surface area (Å²) in [6.07, 6.45) is 14.4. The van der Waals surface area contributed by atoms with Gasteiger partial charge in [-0.3, -0.25) is 4.79 Å². The molecule has 0 aromatic heterocycles. The Bertz CT molecular complexity index is 207. The third-order valence-electron chi connectivity index (χ3n) is 3.80. The Morgan fingerprint density at radius 3 is 1.70 bits per heavy atom. The normalized spacial score (nSPS) is 11.0. The molecule has 1 amide bonds. The van der Waals surface area contributed by atoms with Gasteiger partial charge in [-0.05, 0) is 12.8 Å². The number of unbranched alkanes of at least 4 members (excludes halogenated alkanes) is 8. The van der Waals surface area contributed by atoms with Crippen LogP contribution < -0.4 is 5.32 Å². The van der Waals surface area contributed by atoms with Gasteiger partial charge in [0, 0.05) is 6.04 Å². The van der Waals surface area contributed by atoms with E-state index in [0.717, 1.165) is 25.7 Å². The molecule has 0 fully saturated rings. The van der Waals surface area contributed by atoms with Crippen molar-refractivity contribution in [3.05, 3.63) is 0 Å². The maximum Gasteiger partial charge on any atom is 0.251 e. The first-order valence-electron chi connectivity index (χ1n) is 8.59. The van der Waals surface area contributed by atoms with Crippen LogP contribution in [-0.4, -0.2) is 18.6 Å².